The van der Waals surface area contributed by atoms with Gasteiger partial charge in [0.15, 0.2) is 5.66 Å². The molecular weight excluding hydrogens is 739 g/mol. The van der Waals surface area contributed by atoms with Gasteiger partial charge >= 0.3 is 47.6 Å². The van der Waals surface area contributed by atoms with Gasteiger partial charge in [0.25, 0.3) is 0 Å². The van der Waals surface area contributed by atoms with Crippen molar-refractivity contribution in [1.82, 2.24) is 9.35 Å². The number of halogens is 18. The zero-order chi connectivity index (χ0) is 34.6. The first-order valence-electron chi connectivity index (χ1n) is 11.6. The monoisotopic (exact) mass is 760 g/mol. The van der Waals surface area contributed by atoms with Gasteiger partial charge in [-0.2, -0.15) is 74.6 Å². The summed E-state index contributed by atoms with van der Waals surface area (Å²) in [6.07, 6.45) is -7.80. The number of hydrogen-bond donors (Lipinski definition) is 0. The Kier molecular flexibility index (Phi) is 8.79. The van der Waals surface area contributed by atoms with Crippen molar-refractivity contribution < 1.29 is 74.6 Å². The number of benzene rings is 1. The van der Waals surface area contributed by atoms with Gasteiger partial charge in [0.05, 0.1) is 0 Å². The van der Waals surface area contributed by atoms with E-state index in [1.807, 2.05) is 0 Å². The van der Waals surface area contributed by atoms with Crippen LogP contribution in [-0.4, -0.2) is 73.5 Å². The Balaban J connectivity index is 2.95. The highest BCUT2D eigenvalue weighted by atomic mass is 79.9. The molecule has 0 spiro atoms. The third kappa shape index (κ3) is 4.85. The predicted molar refractivity (Wildman–Crippen MR) is 127 cm³/mol. The Labute approximate surface area is 243 Å². The fourth-order valence-corrected chi connectivity index (χ4v) is 10.8. The lowest BCUT2D eigenvalue weighted by molar-refractivity contribution is -0.463. The molecule has 250 valence electrons. The average Bonchev–Trinajstić information content (AvgIpc) is 3.52. The summed E-state index contributed by atoms with van der Waals surface area (Å²) < 4.78 is 242. The Morgan fingerprint density at radius 3 is 1.05 bits per heavy atom. The molecule has 0 bridgehead atoms. The van der Waals surface area contributed by atoms with Gasteiger partial charge < -0.3 is 0 Å². The van der Waals surface area contributed by atoms with E-state index in [-0.39, 0.29) is 4.47 Å². The second-order valence-electron chi connectivity index (χ2n) is 11.7. The van der Waals surface area contributed by atoms with Crippen LogP contribution in [0, 0.1) is 0 Å². The lowest BCUT2D eigenvalue weighted by Gasteiger charge is -2.44. The van der Waals surface area contributed by atoms with Crippen molar-refractivity contribution >= 4 is 32.4 Å². The molecule has 22 heteroatoms. The molecule has 1 fully saturated rings. The van der Waals surface area contributed by atoms with Crippen molar-refractivity contribution in [2.75, 3.05) is 0 Å². The molecule has 0 saturated carbocycles. The van der Waals surface area contributed by atoms with Crippen molar-refractivity contribution in [1.29, 1.82) is 0 Å². The van der Waals surface area contributed by atoms with E-state index in [0.717, 1.165) is 12.1 Å². The van der Waals surface area contributed by atoms with Crippen LogP contribution in [0.3, 0.4) is 0 Å². The van der Waals surface area contributed by atoms with Crippen LogP contribution >= 0.6 is 15.9 Å². The molecule has 1 aromatic rings. The highest BCUT2D eigenvalue weighted by molar-refractivity contribution is 9.10. The third-order valence-corrected chi connectivity index (χ3v) is 10.8. The highest BCUT2D eigenvalue weighted by Gasteiger charge is 2.98. The molecule has 2 nitrogen and oxygen atoms in total. The molecule has 2 rings (SSSR count). The molecule has 2 atom stereocenters. The number of hydrazine groups is 1. The van der Waals surface area contributed by atoms with E-state index in [4.69, 9.17) is 0 Å². The van der Waals surface area contributed by atoms with E-state index in [1.54, 1.807) is 0 Å². The summed E-state index contributed by atoms with van der Waals surface area (Å²) in [6.45, 7) is 7.31. The predicted octanol–water partition coefficient (Wildman–Crippen LogP) is 9.81. The van der Waals surface area contributed by atoms with Crippen molar-refractivity contribution in [3.05, 3.63) is 34.3 Å². The molecule has 1 aromatic carbocycles. The number of hydrogen-bond acceptors (Lipinski definition) is 2. The van der Waals surface area contributed by atoms with Gasteiger partial charge in [-0.15, -0.1) is 0 Å². The summed E-state index contributed by atoms with van der Waals surface area (Å²) in [7, 11) is -6.98. The first-order chi connectivity index (χ1) is 18.5. The van der Waals surface area contributed by atoms with Crippen molar-refractivity contribution in [2.24, 2.45) is 0 Å². The molecule has 43 heavy (non-hydrogen) atoms. The summed E-state index contributed by atoms with van der Waals surface area (Å²) in [6, 6.07) is 3.22. The molecular formula is C21H22BrF17N2Si2. The SMILES string of the molecule is C[Si](C)(C)N1N([Si](C)(C)C)C1(c1ccc(Br)cc1)C(F)(F)C(F)(F)C(F)(F)C(F)(F)C(F)(F)C(F)(F)C(F)(F)C(F)(F)F. The number of rotatable bonds is 10. The minimum atomic E-state index is -8.67. The van der Waals surface area contributed by atoms with E-state index < -0.39 is 75.3 Å². The second kappa shape index (κ2) is 9.93. The highest BCUT2D eigenvalue weighted by Crippen LogP contribution is 2.71. The van der Waals surface area contributed by atoms with Crippen LogP contribution in [0.5, 0.6) is 0 Å². The van der Waals surface area contributed by atoms with E-state index in [1.165, 1.54) is 39.3 Å². The zero-order valence-corrected chi connectivity index (χ0v) is 26.1. The molecule has 0 amide bonds. The molecule has 2 unspecified atom stereocenters. The largest absolute Gasteiger partial charge is 0.460 e. The van der Waals surface area contributed by atoms with Crippen molar-refractivity contribution in [3.63, 3.8) is 0 Å². The maximum atomic E-state index is 16.1. The zero-order valence-electron chi connectivity index (χ0n) is 22.5. The molecule has 0 N–H and O–H groups in total. The Morgan fingerprint density at radius 1 is 0.488 bits per heavy atom. The first kappa shape index (κ1) is 38.0. The van der Waals surface area contributed by atoms with Crippen LogP contribution in [0.15, 0.2) is 28.7 Å². The molecule has 0 radical (unpaired) electrons. The van der Waals surface area contributed by atoms with Gasteiger partial charge in [0.2, 0.25) is 0 Å². The van der Waals surface area contributed by atoms with E-state index in [0.29, 0.717) is 21.5 Å². The quantitative estimate of drug-likeness (QED) is 0.133. The van der Waals surface area contributed by atoms with Crippen molar-refractivity contribution in [2.45, 2.75) is 92.6 Å². The smallest absolute Gasteiger partial charge is 0.240 e. The Morgan fingerprint density at radius 2 is 0.767 bits per heavy atom. The number of alkyl halides is 17. The fourth-order valence-electron chi connectivity index (χ4n) is 4.55. The minimum Gasteiger partial charge on any atom is -0.240 e. The van der Waals surface area contributed by atoms with E-state index in [9.17, 15) is 57.1 Å². The van der Waals surface area contributed by atoms with Gasteiger partial charge in [-0.25, -0.2) is 9.35 Å². The lowest BCUT2D eigenvalue weighted by atomic mass is 9.84. The lowest BCUT2D eigenvalue weighted by Crippen LogP contribution is -2.75. The normalized spacial score (nSPS) is 23.9. The molecule has 1 heterocycles. The van der Waals surface area contributed by atoms with Crippen LogP contribution in [0.25, 0.3) is 0 Å². The summed E-state index contributed by atoms with van der Waals surface area (Å²) in [5, 5.41) is 0. The van der Waals surface area contributed by atoms with Crippen LogP contribution in [0.2, 0.25) is 39.3 Å². The standard InChI is InChI=1S/C21H22BrF17N2Si2/c1-42(2,3)40-13(41(40)43(4,5)6,11-7-9-12(22)10-8-11)14(23,24)15(25,26)16(27,28)17(29,30)18(31,32)19(33,34)20(35,36)21(37,38)39/h7-10H,1-6H3. The second-order valence-corrected chi connectivity index (χ2v) is 22.1. The molecule has 1 saturated heterocycles. The van der Waals surface area contributed by atoms with Crippen LogP contribution in [0.4, 0.5) is 74.6 Å². The summed E-state index contributed by atoms with van der Waals surface area (Å²) in [5.41, 5.74) is -4.79. The maximum Gasteiger partial charge on any atom is 0.460 e. The van der Waals surface area contributed by atoms with Gasteiger partial charge in [-0.3, -0.25) is 0 Å². The minimum absolute atomic E-state index is 0.102. The summed E-state index contributed by atoms with van der Waals surface area (Å²) in [4.78, 5) is 0. The average molecular weight is 761 g/mol. The summed E-state index contributed by atoms with van der Waals surface area (Å²) in [5.74, 6) is -56.9. The van der Waals surface area contributed by atoms with Crippen LogP contribution in [0.1, 0.15) is 5.56 Å². The molecule has 1 aliphatic rings. The van der Waals surface area contributed by atoms with E-state index in [2.05, 4.69) is 15.9 Å². The van der Waals surface area contributed by atoms with Crippen molar-refractivity contribution in [3.8, 4) is 0 Å². The molecule has 0 aromatic heterocycles. The Bertz CT molecular complexity index is 1180. The van der Waals surface area contributed by atoms with Gasteiger partial charge in [-0.1, -0.05) is 67.3 Å². The Hall–Kier alpha value is -1.14. The molecule has 1 aliphatic heterocycles. The first-order valence-corrected chi connectivity index (χ1v) is 19.3. The summed E-state index contributed by atoms with van der Waals surface area (Å²) >= 11 is 2.90. The maximum absolute atomic E-state index is 16.1. The number of nitrogens with zero attached hydrogens (tertiary/aromatic N) is 2. The van der Waals surface area contributed by atoms with Crippen LogP contribution in [-0.2, 0) is 5.66 Å². The fraction of sp³-hybridized carbons (Fsp3) is 0.714. The molecule has 0 aliphatic carbocycles. The van der Waals surface area contributed by atoms with E-state index >= 15 is 17.6 Å². The van der Waals surface area contributed by atoms with Gasteiger partial charge in [-0.05, 0) is 17.7 Å². The third-order valence-electron chi connectivity index (χ3n) is 6.45. The van der Waals surface area contributed by atoms with Crippen LogP contribution < -0.4 is 0 Å². The van der Waals surface area contributed by atoms with Gasteiger partial charge in [0, 0.05) is 4.47 Å². The van der Waals surface area contributed by atoms with Gasteiger partial charge in [0.1, 0.15) is 16.5 Å². The topological polar surface area (TPSA) is 6.02 Å².